The third-order valence-electron chi connectivity index (χ3n) is 13.0. The van der Waals surface area contributed by atoms with Crippen molar-refractivity contribution in [2.24, 2.45) is 5.92 Å². The summed E-state index contributed by atoms with van der Waals surface area (Å²) in [5, 5.41) is 41.4. The largest absolute Gasteiger partial charge is 0.507 e. The molecule has 3 N–H and O–H groups in total. The highest BCUT2D eigenvalue weighted by Crippen LogP contribution is 2.39. The van der Waals surface area contributed by atoms with Crippen LogP contribution in [0.3, 0.4) is 0 Å². The minimum atomic E-state index is 0.117. The second-order valence-corrected chi connectivity index (χ2v) is 17.7. The highest BCUT2D eigenvalue weighted by atomic mass is 16.3. The number of nitrogens with zero attached hydrogens (tertiary/aromatic N) is 3. The molecule has 6 aromatic rings. The summed E-state index contributed by atoms with van der Waals surface area (Å²) in [6.45, 7) is 18.1. The van der Waals surface area contributed by atoms with Crippen molar-refractivity contribution in [3.63, 3.8) is 0 Å². The van der Waals surface area contributed by atoms with Crippen molar-refractivity contribution >= 4 is 34.9 Å². The summed E-state index contributed by atoms with van der Waals surface area (Å²) in [6.07, 6.45) is 7.19. The summed E-state index contributed by atoms with van der Waals surface area (Å²) in [4.78, 5) is 0. The molecule has 7 rings (SSSR count). The summed E-state index contributed by atoms with van der Waals surface area (Å²) in [5.41, 5.74) is 14.8. The van der Waals surface area contributed by atoms with E-state index in [1.165, 1.54) is 5.56 Å². The Labute approximate surface area is 375 Å². The van der Waals surface area contributed by atoms with Crippen LogP contribution in [0.25, 0.3) is 34.9 Å². The number of aryl methyl sites for hydroxylation is 3. The van der Waals surface area contributed by atoms with E-state index in [2.05, 4.69) is 148 Å². The molecule has 324 valence electrons. The maximum absolute atomic E-state index is 11.4. The molecule has 0 spiro atoms. The Morgan fingerprint density at radius 3 is 1.11 bits per heavy atom. The van der Waals surface area contributed by atoms with Gasteiger partial charge in [0.25, 0.3) is 0 Å². The first kappa shape index (κ1) is 44.9. The number of rotatable bonds is 12. The van der Waals surface area contributed by atoms with Crippen LogP contribution in [0.5, 0.6) is 17.2 Å². The zero-order valence-corrected chi connectivity index (χ0v) is 38.4. The van der Waals surface area contributed by atoms with Gasteiger partial charge in [-0.05, 0) is 153 Å². The molecule has 0 aromatic heterocycles. The summed E-state index contributed by atoms with van der Waals surface area (Å²) in [7, 11) is 2.16. The molecule has 0 saturated carbocycles. The van der Waals surface area contributed by atoms with Crippen molar-refractivity contribution in [2.75, 3.05) is 7.05 Å². The topological polar surface area (TPSA) is 70.4 Å². The first-order valence-corrected chi connectivity index (χ1v) is 22.1. The highest BCUT2D eigenvalue weighted by Gasteiger charge is 2.41. The van der Waals surface area contributed by atoms with Gasteiger partial charge in [0.1, 0.15) is 17.2 Å². The highest BCUT2D eigenvalue weighted by molar-refractivity contribution is 5.85. The number of phenolic OH excluding ortho intramolecular Hbond substituents is 3. The Morgan fingerprint density at radius 1 is 0.476 bits per heavy atom. The summed E-state index contributed by atoms with van der Waals surface area (Å²) in [5.74, 6) is 1.12. The van der Waals surface area contributed by atoms with Gasteiger partial charge >= 0.3 is 0 Å². The molecule has 2 unspecified atom stereocenters. The van der Waals surface area contributed by atoms with Crippen LogP contribution >= 0.6 is 0 Å². The SMILES string of the molecule is CC(=Cc1ccccc1)c1cc(CC2C(C)N(Cc3cc(C)c(O)c(C(C)=Cc4ccccc4)c3)N(C)N(Cc3cc(C)c(O)c(C(C)=Cc4ccccc4)c3)C2C)cc(C)c1O. The van der Waals surface area contributed by atoms with Crippen molar-refractivity contribution in [1.82, 2.24) is 15.1 Å². The van der Waals surface area contributed by atoms with Gasteiger partial charge in [0.2, 0.25) is 0 Å². The van der Waals surface area contributed by atoms with Crippen LogP contribution in [0, 0.1) is 26.7 Å². The van der Waals surface area contributed by atoms with Gasteiger partial charge < -0.3 is 15.3 Å². The maximum Gasteiger partial charge on any atom is 0.125 e. The van der Waals surface area contributed by atoms with E-state index in [0.29, 0.717) is 30.3 Å². The molecule has 1 aliphatic rings. The second-order valence-electron chi connectivity index (χ2n) is 17.7. The molecular formula is C57H63N3O3. The predicted molar refractivity (Wildman–Crippen MR) is 263 cm³/mol. The molecule has 0 bridgehead atoms. The van der Waals surface area contributed by atoms with Gasteiger partial charge in [0.05, 0.1) is 0 Å². The van der Waals surface area contributed by atoms with Crippen molar-refractivity contribution in [2.45, 2.75) is 87.0 Å². The fraction of sp³-hybridized carbons (Fsp3) is 0.263. The fourth-order valence-electron chi connectivity index (χ4n) is 9.40. The number of allylic oxidation sites excluding steroid dienone is 3. The summed E-state index contributed by atoms with van der Waals surface area (Å²) in [6, 6.07) is 43.8. The zero-order valence-electron chi connectivity index (χ0n) is 38.4. The molecule has 0 aliphatic carbocycles. The van der Waals surface area contributed by atoms with Crippen molar-refractivity contribution in [3.05, 3.63) is 194 Å². The minimum Gasteiger partial charge on any atom is -0.507 e. The lowest BCUT2D eigenvalue weighted by Crippen LogP contribution is -2.66. The third kappa shape index (κ3) is 10.2. The van der Waals surface area contributed by atoms with Crippen LogP contribution in [0.4, 0.5) is 0 Å². The summed E-state index contributed by atoms with van der Waals surface area (Å²) < 4.78 is 0. The molecule has 1 fully saturated rings. The Bertz CT molecular complexity index is 2350. The van der Waals surface area contributed by atoms with Gasteiger partial charge in [0, 0.05) is 48.9 Å². The minimum absolute atomic E-state index is 0.117. The fourth-order valence-corrected chi connectivity index (χ4v) is 9.40. The smallest absolute Gasteiger partial charge is 0.125 e. The first-order chi connectivity index (χ1) is 30.2. The lowest BCUT2D eigenvalue weighted by molar-refractivity contribution is -0.263. The lowest BCUT2D eigenvalue weighted by atomic mass is 9.83. The predicted octanol–water partition coefficient (Wildman–Crippen LogP) is 13.1. The van der Waals surface area contributed by atoms with E-state index in [9.17, 15) is 15.3 Å². The van der Waals surface area contributed by atoms with E-state index >= 15 is 0 Å². The molecule has 1 saturated heterocycles. The monoisotopic (exact) mass is 837 g/mol. The van der Waals surface area contributed by atoms with Crippen LogP contribution in [0.1, 0.15) is 101 Å². The van der Waals surface area contributed by atoms with Gasteiger partial charge in [-0.1, -0.05) is 127 Å². The Kier molecular flexibility index (Phi) is 13.9. The molecule has 6 nitrogen and oxygen atoms in total. The van der Waals surface area contributed by atoms with E-state index in [4.69, 9.17) is 0 Å². The third-order valence-corrected chi connectivity index (χ3v) is 13.0. The van der Waals surface area contributed by atoms with Crippen LogP contribution < -0.4 is 0 Å². The lowest BCUT2D eigenvalue weighted by Gasteiger charge is -2.55. The molecule has 2 atom stereocenters. The van der Waals surface area contributed by atoms with E-state index in [1.807, 2.05) is 75.4 Å². The molecule has 0 amide bonds. The normalized spacial score (nSPS) is 18.2. The second kappa shape index (κ2) is 19.5. The van der Waals surface area contributed by atoms with Gasteiger partial charge in [-0.25, -0.2) is 10.0 Å². The molecule has 1 heterocycles. The quantitative estimate of drug-likeness (QED) is 0.107. The maximum atomic E-state index is 11.4. The van der Waals surface area contributed by atoms with Crippen LogP contribution in [-0.2, 0) is 19.5 Å². The molecular weight excluding hydrogens is 775 g/mol. The molecule has 6 heteroatoms. The Hall–Kier alpha value is -6.18. The zero-order chi connectivity index (χ0) is 44.9. The molecule has 6 aromatic carbocycles. The van der Waals surface area contributed by atoms with Crippen LogP contribution in [0.15, 0.2) is 127 Å². The number of hydrogen-bond donors (Lipinski definition) is 3. The van der Waals surface area contributed by atoms with Gasteiger partial charge in [-0.2, -0.15) is 5.12 Å². The number of aromatic hydroxyl groups is 3. The average molecular weight is 838 g/mol. The van der Waals surface area contributed by atoms with Crippen molar-refractivity contribution in [1.29, 1.82) is 0 Å². The average Bonchev–Trinajstić information content (AvgIpc) is 3.27. The number of hydrazine groups is 2. The van der Waals surface area contributed by atoms with Gasteiger partial charge in [-0.3, -0.25) is 0 Å². The van der Waals surface area contributed by atoms with E-state index < -0.39 is 0 Å². The van der Waals surface area contributed by atoms with E-state index in [1.54, 1.807) is 0 Å². The van der Waals surface area contributed by atoms with E-state index in [-0.39, 0.29) is 18.0 Å². The van der Waals surface area contributed by atoms with Crippen LogP contribution in [-0.4, -0.2) is 49.6 Å². The Balaban J connectivity index is 1.27. The molecule has 0 radical (unpaired) electrons. The van der Waals surface area contributed by atoms with Crippen molar-refractivity contribution in [3.8, 4) is 17.2 Å². The Morgan fingerprint density at radius 2 is 0.778 bits per heavy atom. The van der Waals surface area contributed by atoms with Gasteiger partial charge in [-0.15, -0.1) is 0 Å². The summed E-state index contributed by atoms with van der Waals surface area (Å²) >= 11 is 0. The van der Waals surface area contributed by atoms with Crippen LogP contribution in [0.2, 0.25) is 0 Å². The molecule has 63 heavy (non-hydrogen) atoms. The standard InChI is InChI=1S/C57H63N3O3/c1-37(25-45-19-13-10-14-20-45)51-31-48(28-40(4)55(51)61)32-54-43(7)59(35-49-29-41(5)56(62)52(33-49)38(2)26-46-21-15-11-16-22-46)58(9)60(44(54)8)36-50-30-42(6)57(63)53(34-50)39(3)27-47-23-17-12-18-24-47/h10-31,33-34,43-44,54,61-63H,32,35-36H2,1-9H3. The van der Waals surface area contributed by atoms with E-state index in [0.717, 1.165) is 84.3 Å². The van der Waals surface area contributed by atoms with Gasteiger partial charge in [0.15, 0.2) is 0 Å². The van der Waals surface area contributed by atoms with Crippen molar-refractivity contribution < 1.29 is 15.3 Å². The molecule has 1 aliphatic heterocycles. The number of benzene rings is 6. The number of phenols is 3. The number of hydrogen-bond acceptors (Lipinski definition) is 6. The first-order valence-electron chi connectivity index (χ1n) is 22.1.